The van der Waals surface area contributed by atoms with Crippen LogP contribution in [0, 0.1) is 17.8 Å². The van der Waals surface area contributed by atoms with E-state index >= 15 is 0 Å². The van der Waals surface area contributed by atoms with E-state index in [1.165, 1.54) is 11.1 Å². The van der Waals surface area contributed by atoms with Crippen molar-refractivity contribution in [2.24, 2.45) is 17.8 Å². The number of allylic oxidation sites excluding steroid dienone is 3. The Morgan fingerprint density at radius 3 is 2.65 bits per heavy atom. The van der Waals surface area contributed by atoms with Gasteiger partial charge < -0.3 is 5.11 Å². The molecule has 0 heterocycles. The van der Waals surface area contributed by atoms with Gasteiger partial charge in [-0.25, -0.2) is 4.79 Å². The van der Waals surface area contributed by atoms with Crippen molar-refractivity contribution in [3.05, 3.63) is 22.8 Å². The summed E-state index contributed by atoms with van der Waals surface area (Å²) >= 11 is 0. The number of carboxylic acids is 1. The molecule has 0 fully saturated rings. The molecule has 0 aromatic carbocycles. The third-order valence-electron chi connectivity index (χ3n) is 4.35. The lowest BCUT2D eigenvalue weighted by molar-refractivity contribution is -0.133. The van der Waals surface area contributed by atoms with Crippen molar-refractivity contribution in [2.45, 2.75) is 46.5 Å². The van der Waals surface area contributed by atoms with Gasteiger partial charge in [0.05, 0.1) is 0 Å². The highest BCUT2D eigenvalue weighted by Gasteiger charge is 2.35. The molecule has 0 aliphatic heterocycles. The van der Waals surface area contributed by atoms with Crippen LogP contribution in [0.1, 0.15) is 46.5 Å². The smallest absolute Gasteiger partial charge is 0.331 e. The average Bonchev–Trinajstić information content (AvgIpc) is 2.26. The van der Waals surface area contributed by atoms with Crippen LogP contribution in [0.2, 0.25) is 0 Å². The lowest BCUT2D eigenvalue weighted by Crippen LogP contribution is -2.29. The Bertz CT molecular complexity index is 388. The summed E-state index contributed by atoms with van der Waals surface area (Å²) in [7, 11) is 0. The highest BCUT2D eigenvalue weighted by molar-refractivity contribution is 5.88. The molecule has 0 aromatic rings. The number of hydrogen-bond acceptors (Lipinski definition) is 1. The molecule has 0 bridgehead atoms. The molecule has 0 aromatic heterocycles. The molecule has 2 aliphatic carbocycles. The molecule has 2 nitrogen and oxygen atoms in total. The average molecular weight is 234 g/mol. The quantitative estimate of drug-likeness (QED) is 0.738. The third-order valence-corrected chi connectivity index (χ3v) is 4.35. The molecule has 2 rings (SSSR count). The molecular formula is C15H22O2. The van der Waals surface area contributed by atoms with Gasteiger partial charge in [0.15, 0.2) is 0 Å². The van der Waals surface area contributed by atoms with Crippen molar-refractivity contribution in [3.8, 4) is 0 Å². The summed E-state index contributed by atoms with van der Waals surface area (Å²) in [5.41, 5.74) is 3.35. The van der Waals surface area contributed by atoms with Crippen molar-refractivity contribution < 1.29 is 9.90 Å². The maximum Gasteiger partial charge on any atom is 0.331 e. The van der Waals surface area contributed by atoms with Gasteiger partial charge in [-0.2, -0.15) is 0 Å². The van der Waals surface area contributed by atoms with E-state index in [9.17, 15) is 9.90 Å². The number of hydrogen-bond donors (Lipinski definition) is 1. The van der Waals surface area contributed by atoms with Crippen molar-refractivity contribution in [1.29, 1.82) is 0 Å². The first kappa shape index (κ1) is 12.4. The maximum atomic E-state index is 11.3. The van der Waals surface area contributed by atoms with Gasteiger partial charge in [0.2, 0.25) is 0 Å². The topological polar surface area (TPSA) is 37.3 Å². The molecule has 0 spiro atoms. The molecule has 2 atom stereocenters. The van der Waals surface area contributed by atoms with Gasteiger partial charge in [0.1, 0.15) is 0 Å². The van der Waals surface area contributed by atoms with Crippen molar-refractivity contribution in [3.63, 3.8) is 0 Å². The van der Waals surface area contributed by atoms with E-state index < -0.39 is 5.97 Å². The lowest BCUT2D eigenvalue weighted by Gasteiger charge is -2.38. The molecule has 1 N–H and O–H groups in total. The standard InChI is InChI=1S/C15H22O2/c1-9(2)11-6-7-13(15(16)17)12-5-4-10(3)8-14(11)12/h8-9,11,14H,4-7H2,1-3H3,(H,16,17)/t11-,14-/m0/s1. The van der Waals surface area contributed by atoms with E-state index in [0.29, 0.717) is 23.3 Å². The Kier molecular flexibility index (Phi) is 3.41. The SMILES string of the molecule is CC1=C[C@@H]2C(=C(C(=O)O)CC[C@H]2C(C)C)CC1. The summed E-state index contributed by atoms with van der Waals surface area (Å²) in [6.45, 7) is 6.68. The van der Waals surface area contributed by atoms with E-state index in [1.807, 2.05) is 0 Å². The fraction of sp³-hybridized carbons (Fsp3) is 0.667. The Morgan fingerprint density at radius 2 is 2.06 bits per heavy atom. The summed E-state index contributed by atoms with van der Waals surface area (Å²) in [4.78, 5) is 11.3. The number of carboxylic acid groups (broad SMARTS) is 1. The Hall–Kier alpha value is -1.05. The van der Waals surface area contributed by atoms with Crippen LogP contribution in [-0.4, -0.2) is 11.1 Å². The van der Waals surface area contributed by atoms with E-state index in [-0.39, 0.29) is 0 Å². The second-order valence-electron chi connectivity index (χ2n) is 5.79. The highest BCUT2D eigenvalue weighted by Crippen LogP contribution is 2.44. The van der Waals surface area contributed by atoms with Gasteiger partial charge in [-0.15, -0.1) is 0 Å². The van der Waals surface area contributed by atoms with Crippen LogP contribution in [0.15, 0.2) is 22.8 Å². The number of carbonyl (C=O) groups is 1. The van der Waals surface area contributed by atoms with Crippen LogP contribution in [-0.2, 0) is 4.79 Å². The summed E-state index contributed by atoms with van der Waals surface area (Å²) in [5, 5.41) is 9.29. The summed E-state index contributed by atoms with van der Waals surface area (Å²) in [6, 6.07) is 0. The van der Waals surface area contributed by atoms with E-state index in [0.717, 1.165) is 25.7 Å². The van der Waals surface area contributed by atoms with Crippen molar-refractivity contribution in [1.82, 2.24) is 0 Å². The predicted molar refractivity (Wildman–Crippen MR) is 68.7 cm³/mol. The minimum atomic E-state index is -0.694. The molecule has 94 valence electrons. The van der Waals surface area contributed by atoms with Crippen LogP contribution in [0.5, 0.6) is 0 Å². The van der Waals surface area contributed by atoms with Gasteiger partial charge >= 0.3 is 5.97 Å². The molecule has 0 saturated carbocycles. The van der Waals surface area contributed by atoms with Gasteiger partial charge in [0.25, 0.3) is 0 Å². The molecule has 0 amide bonds. The zero-order valence-electron chi connectivity index (χ0n) is 11.0. The zero-order chi connectivity index (χ0) is 12.6. The van der Waals surface area contributed by atoms with Gasteiger partial charge in [-0.1, -0.05) is 31.1 Å². The highest BCUT2D eigenvalue weighted by atomic mass is 16.4. The predicted octanol–water partition coefficient (Wildman–Crippen LogP) is 3.79. The van der Waals surface area contributed by atoms with Crippen LogP contribution >= 0.6 is 0 Å². The molecule has 0 radical (unpaired) electrons. The van der Waals surface area contributed by atoms with Crippen LogP contribution in [0.3, 0.4) is 0 Å². The molecule has 0 saturated heterocycles. The minimum Gasteiger partial charge on any atom is -0.478 e. The number of fused-ring (bicyclic) bond motifs is 1. The third kappa shape index (κ3) is 2.31. The molecule has 0 unspecified atom stereocenters. The molecular weight excluding hydrogens is 212 g/mol. The maximum absolute atomic E-state index is 11.3. The minimum absolute atomic E-state index is 0.392. The zero-order valence-corrected chi connectivity index (χ0v) is 11.0. The second kappa shape index (κ2) is 4.67. The van der Waals surface area contributed by atoms with Gasteiger partial charge in [-0.05, 0) is 44.4 Å². The van der Waals surface area contributed by atoms with E-state index in [2.05, 4.69) is 26.8 Å². The van der Waals surface area contributed by atoms with Gasteiger partial charge in [-0.3, -0.25) is 0 Å². The van der Waals surface area contributed by atoms with Crippen molar-refractivity contribution >= 4 is 5.97 Å². The summed E-state index contributed by atoms with van der Waals surface area (Å²) < 4.78 is 0. The molecule has 2 aliphatic rings. The summed E-state index contributed by atoms with van der Waals surface area (Å²) in [6.07, 6.45) is 6.10. The fourth-order valence-corrected chi connectivity index (χ4v) is 3.37. The van der Waals surface area contributed by atoms with Crippen LogP contribution < -0.4 is 0 Å². The number of rotatable bonds is 2. The Balaban J connectivity index is 2.41. The fourth-order valence-electron chi connectivity index (χ4n) is 3.37. The summed E-state index contributed by atoms with van der Waals surface area (Å²) in [5.74, 6) is 0.958. The largest absolute Gasteiger partial charge is 0.478 e. The first-order chi connectivity index (χ1) is 8.00. The number of aliphatic carboxylic acids is 1. The first-order valence-corrected chi connectivity index (χ1v) is 6.63. The Labute approximate surface area is 103 Å². The van der Waals surface area contributed by atoms with Crippen LogP contribution in [0.4, 0.5) is 0 Å². The normalized spacial score (nSPS) is 29.1. The lowest BCUT2D eigenvalue weighted by atomic mass is 9.66. The van der Waals surface area contributed by atoms with E-state index in [1.54, 1.807) is 0 Å². The first-order valence-electron chi connectivity index (χ1n) is 6.63. The Morgan fingerprint density at radius 1 is 1.35 bits per heavy atom. The van der Waals surface area contributed by atoms with Crippen molar-refractivity contribution in [2.75, 3.05) is 0 Å². The second-order valence-corrected chi connectivity index (χ2v) is 5.79. The molecule has 2 heteroatoms. The van der Waals surface area contributed by atoms with Gasteiger partial charge in [0, 0.05) is 11.5 Å². The van der Waals surface area contributed by atoms with E-state index in [4.69, 9.17) is 0 Å². The molecule has 17 heavy (non-hydrogen) atoms. The van der Waals surface area contributed by atoms with Crippen LogP contribution in [0.25, 0.3) is 0 Å². The monoisotopic (exact) mass is 234 g/mol.